The number of aliphatic hydroxyl groups is 2. The van der Waals surface area contributed by atoms with Crippen LogP contribution < -0.4 is 16.6 Å². The first kappa shape index (κ1) is 13.0. The second kappa shape index (κ2) is 5.05. The average Bonchev–Trinajstić information content (AvgIpc) is 2.66. The number of aromatic amines is 1. The van der Waals surface area contributed by atoms with Gasteiger partial charge in [0.05, 0.1) is 18.8 Å². The molecule has 7 nitrogen and oxygen atoms in total. The first-order valence-electron chi connectivity index (χ1n) is 5.86. The molecule has 0 aromatic carbocycles. The first-order valence-corrected chi connectivity index (χ1v) is 5.86. The van der Waals surface area contributed by atoms with Crippen molar-refractivity contribution in [3.05, 3.63) is 32.6 Å². The van der Waals surface area contributed by atoms with Crippen LogP contribution in [0.4, 0.5) is 0 Å². The molecular weight excluding hydrogens is 238 g/mol. The van der Waals surface area contributed by atoms with Gasteiger partial charge in [0, 0.05) is 24.3 Å². The third kappa shape index (κ3) is 2.53. The Kier molecular flexibility index (Phi) is 3.65. The molecule has 0 saturated carbocycles. The molecule has 0 spiro atoms. The fourth-order valence-corrected chi connectivity index (χ4v) is 2.23. The molecule has 7 heteroatoms. The van der Waals surface area contributed by atoms with E-state index < -0.39 is 11.8 Å². The molecule has 2 rings (SSSR count). The lowest BCUT2D eigenvalue weighted by Crippen LogP contribution is -2.40. The fourth-order valence-electron chi connectivity index (χ4n) is 2.23. The molecule has 3 unspecified atom stereocenters. The summed E-state index contributed by atoms with van der Waals surface area (Å²) in [4.78, 5) is 25.0. The van der Waals surface area contributed by atoms with E-state index in [1.807, 2.05) is 0 Å². The monoisotopic (exact) mass is 255 g/mol. The van der Waals surface area contributed by atoms with E-state index in [0.29, 0.717) is 18.5 Å². The van der Waals surface area contributed by atoms with E-state index >= 15 is 0 Å². The number of rotatable bonds is 3. The number of aryl methyl sites for hydroxylation is 1. The molecule has 100 valence electrons. The van der Waals surface area contributed by atoms with E-state index in [4.69, 9.17) is 5.11 Å². The highest BCUT2D eigenvalue weighted by molar-refractivity contribution is 5.01. The number of hydrogen-bond acceptors (Lipinski definition) is 5. The third-order valence-electron chi connectivity index (χ3n) is 3.24. The second-order valence-electron chi connectivity index (χ2n) is 4.68. The summed E-state index contributed by atoms with van der Waals surface area (Å²) in [7, 11) is 0. The molecule has 1 aromatic rings. The standard InChI is InChI=1S/C11H17N3O4/c1-6-3-14(11(18)13-10(6)17)4-7-2-9(16)8(5-15)12-7/h3,7-9,12,15-16H,2,4-5H2,1H3,(H,13,17,18). The van der Waals surface area contributed by atoms with Gasteiger partial charge in [-0.3, -0.25) is 14.3 Å². The Morgan fingerprint density at radius 3 is 2.83 bits per heavy atom. The maximum Gasteiger partial charge on any atom is 0.328 e. The number of nitrogens with one attached hydrogen (secondary N) is 2. The van der Waals surface area contributed by atoms with Gasteiger partial charge in [-0.1, -0.05) is 0 Å². The Morgan fingerprint density at radius 1 is 1.50 bits per heavy atom. The van der Waals surface area contributed by atoms with Crippen LogP contribution in [0.15, 0.2) is 15.8 Å². The van der Waals surface area contributed by atoms with E-state index in [2.05, 4.69) is 10.3 Å². The minimum absolute atomic E-state index is 0.0971. The summed E-state index contributed by atoms with van der Waals surface area (Å²) in [5.41, 5.74) is -0.384. The van der Waals surface area contributed by atoms with Crippen molar-refractivity contribution in [2.45, 2.75) is 38.1 Å². The smallest absolute Gasteiger partial charge is 0.328 e. The van der Waals surface area contributed by atoms with Gasteiger partial charge in [-0.15, -0.1) is 0 Å². The molecular formula is C11H17N3O4. The molecule has 3 atom stereocenters. The fraction of sp³-hybridized carbons (Fsp3) is 0.636. The van der Waals surface area contributed by atoms with Crippen molar-refractivity contribution in [1.29, 1.82) is 0 Å². The van der Waals surface area contributed by atoms with Crippen LogP contribution >= 0.6 is 0 Å². The summed E-state index contributed by atoms with van der Waals surface area (Å²) >= 11 is 0. The molecule has 0 radical (unpaired) electrons. The van der Waals surface area contributed by atoms with Crippen molar-refractivity contribution in [2.24, 2.45) is 0 Å². The van der Waals surface area contributed by atoms with Gasteiger partial charge in [0.1, 0.15) is 0 Å². The van der Waals surface area contributed by atoms with Crippen molar-refractivity contribution < 1.29 is 10.2 Å². The summed E-state index contributed by atoms with van der Waals surface area (Å²) < 4.78 is 1.40. The maximum atomic E-state index is 11.6. The van der Waals surface area contributed by atoms with Gasteiger partial charge in [-0.2, -0.15) is 0 Å². The number of H-pyrrole nitrogens is 1. The Bertz CT molecular complexity index is 536. The summed E-state index contributed by atoms with van der Waals surface area (Å²) in [6, 6.07) is -0.449. The van der Waals surface area contributed by atoms with Gasteiger partial charge in [-0.05, 0) is 13.3 Å². The molecule has 1 fully saturated rings. The Balaban J connectivity index is 2.14. The minimum Gasteiger partial charge on any atom is -0.395 e. The van der Waals surface area contributed by atoms with Crippen molar-refractivity contribution in [3.63, 3.8) is 0 Å². The zero-order valence-corrected chi connectivity index (χ0v) is 10.1. The van der Waals surface area contributed by atoms with Crippen molar-refractivity contribution in [3.8, 4) is 0 Å². The van der Waals surface area contributed by atoms with Crippen molar-refractivity contribution >= 4 is 0 Å². The van der Waals surface area contributed by atoms with Gasteiger partial charge in [0.25, 0.3) is 5.56 Å². The molecule has 1 aromatic heterocycles. The van der Waals surface area contributed by atoms with Crippen LogP contribution in [0.1, 0.15) is 12.0 Å². The quantitative estimate of drug-likeness (QED) is 0.496. The highest BCUT2D eigenvalue weighted by Crippen LogP contribution is 2.14. The van der Waals surface area contributed by atoms with Crippen LogP contribution in [0.3, 0.4) is 0 Å². The second-order valence-corrected chi connectivity index (χ2v) is 4.68. The van der Waals surface area contributed by atoms with Crippen molar-refractivity contribution in [1.82, 2.24) is 14.9 Å². The number of aliphatic hydroxyl groups excluding tert-OH is 2. The lowest BCUT2D eigenvalue weighted by molar-refractivity contribution is 0.121. The van der Waals surface area contributed by atoms with E-state index in [9.17, 15) is 14.7 Å². The van der Waals surface area contributed by atoms with Crippen LogP contribution in [0, 0.1) is 6.92 Å². The Hall–Kier alpha value is -1.44. The van der Waals surface area contributed by atoms with Gasteiger partial charge in [0.2, 0.25) is 0 Å². The molecule has 0 bridgehead atoms. The number of aromatic nitrogens is 2. The van der Waals surface area contributed by atoms with Gasteiger partial charge in [0.15, 0.2) is 0 Å². The van der Waals surface area contributed by atoms with Crippen molar-refractivity contribution in [2.75, 3.05) is 6.61 Å². The lowest BCUT2D eigenvalue weighted by Gasteiger charge is -2.14. The SMILES string of the molecule is Cc1cn(CC2CC(O)C(CO)N2)c(=O)[nH]c1=O. The molecule has 0 aliphatic carbocycles. The first-order chi connectivity index (χ1) is 8.51. The normalized spacial score (nSPS) is 27.6. The van der Waals surface area contributed by atoms with Gasteiger partial charge < -0.3 is 15.5 Å². The maximum absolute atomic E-state index is 11.6. The summed E-state index contributed by atoms with van der Waals surface area (Å²) in [6.45, 7) is 1.84. The van der Waals surface area contributed by atoms with Gasteiger partial charge in [-0.25, -0.2) is 4.79 Å². The zero-order chi connectivity index (χ0) is 13.3. The highest BCUT2D eigenvalue weighted by Gasteiger charge is 2.31. The summed E-state index contributed by atoms with van der Waals surface area (Å²) in [5, 5.41) is 21.7. The Labute approximate surface area is 103 Å². The largest absolute Gasteiger partial charge is 0.395 e. The molecule has 1 aliphatic heterocycles. The van der Waals surface area contributed by atoms with E-state index in [1.165, 1.54) is 10.8 Å². The molecule has 18 heavy (non-hydrogen) atoms. The van der Waals surface area contributed by atoms with Crippen LogP contribution in [0.2, 0.25) is 0 Å². The zero-order valence-electron chi connectivity index (χ0n) is 10.1. The predicted molar refractivity (Wildman–Crippen MR) is 64.5 cm³/mol. The highest BCUT2D eigenvalue weighted by atomic mass is 16.3. The number of nitrogens with zero attached hydrogens (tertiary/aromatic N) is 1. The summed E-state index contributed by atoms with van der Waals surface area (Å²) in [5.74, 6) is 0. The molecule has 0 amide bonds. The molecule has 1 saturated heterocycles. The predicted octanol–water partition coefficient (Wildman–Crippen LogP) is -2.07. The van der Waals surface area contributed by atoms with Crippen LogP contribution in [0.5, 0.6) is 0 Å². The van der Waals surface area contributed by atoms with Crippen LogP contribution in [-0.4, -0.2) is 44.6 Å². The topological polar surface area (TPSA) is 107 Å². The third-order valence-corrected chi connectivity index (χ3v) is 3.24. The average molecular weight is 255 g/mol. The molecule has 2 heterocycles. The summed E-state index contributed by atoms with van der Waals surface area (Å²) in [6.07, 6.45) is 1.36. The Morgan fingerprint density at radius 2 is 2.22 bits per heavy atom. The lowest BCUT2D eigenvalue weighted by atomic mass is 10.1. The number of hydrogen-bond donors (Lipinski definition) is 4. The van der Waals surface area contributed by atoms with Crippen LogP contribution in [0.25, 0.3) is 0 Å². The van der Waals surface area contributed by atoms with E-state index in [-0.39, 0.29) is 24.2 Å². The van der Waals surface area contributed by atoms with Gasteiger partial charge >= 0.3 is 5.69 Å². The van der Waals surface area contributed by atoms with E-state index in [0.717, 1.165) is 0 Å². The minimum atomic E-state index is -0.612. The van der Waals surface area contributed by atoms with E-state index in [1.54, 1.807) is 6.92 Å². The van der Waals surface area contributed by atoms with Crippen LogP contribution in [-0.2, 0) is 6.54 Å². The molecule has 4 N–H and O–H groups in total. The molecule has 1 aliphatic rings.